The van der Waals surface area contributed by atoms with Crippen LogP contribution in [0.4, 0.5) is 0 Å². The smallest absolute Gasteiger partial charge is 0.0284 e. The number of allylic oxidation sites excluding steroid dienone is 2. The van der Waals surface area contributed by atoms with Crippen molar-refractivity contribution in [2.75, 3.05) is 7.05 Å². The highest BCUT2D eigenvalue weighted by Gasteiger charge is 1.98. The Morgan fingerprint density at radius 1 is 1.33 bits per heavy atom. The third-order valence-corrected chi connectivity index (χ3v) is 2.36. The van der Waals surface area contributed by atoms with Crippen molar-refractivity contribution in [3.8, 4) is 0 Å². The van der Waals surface area contributed by atoms with Gasteiger partial charge in [0.15, 0.2) is 0 Å². The van der Waals surface area contributed by atoms with Crippen molar-refractivity contribution >= 4 is 11.8 Å². The minimum Gasteiger partial charge on any atom is -0.296 e. The summed E-state index contributed by atoms with van der Waals surface area (Å²) >= 11 is 0. The van der Waals surface area contributed by atoms with Crippen LogP contribution in [0, 0.1) is 0 Å². The van der Waals surface area contributed by atoms with E-state index >= 15 is 0 Å². The third-order valence-electron chi connectivity index (χ3n) is 2.36. The fourth-order valence-corrected chi connectivity index (χ4v) is 1.57. The van der Waals surface area contributed by atoms with Crippen LogP contribution in [0.5, 0.6) is 0 Å². The molecule has 0 radical (unpaired) electrons. The standard InChI is InChI=1S/C14H19N/c1-4-7-14(11-15-3)13-9-6-8-12(5-2)10-13/h6-11H,4-5H2,1-3H3/b14-7+,15-11?. The Bertz CT molecular complexity index is 361. The third kappa shape index (κ3) is 3.35. The van der Waals surface area contributed by atoms with E-state index in [9.17, 15) is 0 Å². The summed E-state index contributed by atoms with van der Waals surface area (Å²) in [6.07, 6.45) is 6.26. The summed E-state index contributed by atoms with van der Waals surface area (Å²) < 4.78 is 0. The molecule has 0 aromatic heterocycles. The summed E-state index contributed by atoms with van der Waals surface area (Å²) in [6, 6.07) is 8.66. The van der Waals surface area contributed by atoms with Crippen LogP contribution in [0.1, 0.15) is 31.4 Å². The van der Waals surface area contributed by atoms with Crippen LogP contribution in [0.15, 0.2) is 35.3 Å². The zero-order chi connectivity index (χ0) is 11.1. The van der Waals surface area contributed by atoms with E-state index in [2.05, 4.69) is 49.2 Å². The van der Waals surface area contributed by atoms with Gasteiger partial charge in [0.1, 0.15) is 0 Å². The van der Waals surface area contributed by atoms with Crippen LogP contribution < -0.4 is 0 Å². The van der Waals surface area contributed by atoms with Gasteiger partial charge in [-0.1, -0.05) is 44.2 Å². The van der Waals surface area contributed by atoms with E-state index in [4.69, 9.17) is 0 Å². The van der Waals surface area contributed by atoms with Crippen molar-refractivity contribution in [1.82, 2.24) is 0 Å². The lowest BCUT2D eigenvalue weighted by atomic mass is 10.0. The van der Waals surface area contributed by atoms with Crippen LogP contribution >= 0.6 is 0 Å². The van der Waals surface area contributed by atoms with Crippen molar-refractivity contribution in [3.63, 3.8) is 0 Å². The summed E-state index contributed by atoms with van der Waals surface area (Å²) in [5, 5.41) is 0. The van der Waals surface area contributed by atoms with Crippen molar-refractivity contribution < 1.29 is 0 Å². The van der Waals surface area contributed by atoms with Crippen LogP contribution in [0.2, 0.25) is 0 Å². The lowest BCUT2D eigenvalue weighted by Gasteiger charge is -2.04. The first-order valence-corrected chi connectivity index (χ1v) is 5.53. The maximum Gasteiger partial charge on any atom is 0.0284 e. The van der Waals surface area contributed by atoms with Gasteiger partial charge < -0.3 is 0 Å². The molecule has 1 aromatic carbocycles. The molecule has 1 nitrogen and oxygen atoms in total. The molecule has 0 N–H and O–H groups in total. The number of hydrogen-bond acceptors (Lipinski definition) is 1. The highest BCUT2D eigenvalue weighted by molar-refractivity contribution is 6.09. The zero-order valence-electron chi connectivity index (χ0n) is 9.83. The number of hydrogen-bond donors (Lipinski definition) is 0. The fourth-order valence-electron chi connectivity index (χ4n) is 1.57. The summed E-state index contributed by atoms with van der Waals surface area (Å²) in [4.78, 5) is 4.09. The molecule has 0 saturated carbocycles. The Morgan fingerprint density at radius 2 is 2.13 bits per heavy atom. The average Bonchev–Trinajstić information content (AvgIpc) is 2.29. The summed E-state index contributed by atoms with van der Waals surface area (Å²) in [7, 11) is 1.81. The largest absolute Gasteiger partial charge is 0.296 e. The Labute approximate surface area is 92.6 Å². The molecule has 80 valence electrons. The van der Waals surface area contributed by atoms with Gasteiger partial charge in [-0.3, -0.25) is 4.99 Å². The van der Waals surface area contributed by atoms with Gasteiger partial charge in [0.25, 0.3) is 0 Å². The predicted octanol–water partition coefficient (Wildman–Crippen LogP) is 3.74. The molecule has 0 fully saturated rings. The number of rotatable bonds is 4. The van der Waals surface area contributed by atoms with Gasteiger partial charge in [-0.15, -0.1) is 0 Å². The molecule has 0 amide bonds. The Morgan fingerprint density at radius 3 is 2.73 bits per heavy atom. The molecule has 0 unspecified atom stereocenters. The molecule has 0 bridgehead atoms. The highest BCUT2D eigenvalue weighted by atomic mass is 14.6. The van der Waals surface area contributed by atoms with Crippen LogP contribution in [-0.4, -0.2) is 13.3 Å². The number of aliphatic imine (C=N–C) groups is 1. The van der Waals surface area contributed by atoms with E-state index in [0.29, 0.717) is 0 Å². The lowest BCUT2D eigenvalue weighted by Crippen LogP contribution is -1.88. The van der Waals surface area contributed by atoms with Gasteiger partial charge in [-0.05, 0) is 29.5 Å². The fraction of sp³-hybridized carbons (Fsp3) is 0.357. The second-order valence-corrected chi connectivity index (χ2v) is 3.51. The van der Waals surface area contributed by atoms with Gasteiger partial charge in [-0.25, -0.2) is 0 Å². The molecule has 0 heterocycles. The molecule has 15 heavy (non-hydrogen) atoms. The van der Waals surface area contributed by atoms with Crippen LogP contribution in [0.3, 0.4) is 0 Å². The van der Waals surface area contributed by atoms with E-state index in [-0.39, 0.29) is 0 Å². The van der Waals surface area contributed by atoms with Gasteiger partial charge in [-0.2, -0.15) is 0 Å². The van der Waals surface area contributed by atoms with E-state index in [0.717, 1.165) is 12.8 Å². The van der Waals surface area contributed by atoms with Crippen molar-refractivity contribution in [2.24, 2.45) is 4.99 Å². The first-order chi connectivity index (χ1) is 7.31. The van der Waals surface area contributed by atoms with E-state index in [1.807, 2.05) is 13.3 Å². The highest BCUT2D eigenvalue weighted by Crippen LogP contribution is 2.15. The van der Waals surface area contributed by atoms with E-state index in [1.54, 1.807) is 0 Å². The van der Waals surface area contributed by atoms with E-state index in [1.165, 1.54) is 16.7 Å². The molecular formula is C14H19N. The van der Waals surface area contributed by atoms with Crippen LogP contribution in [0.25, 0.3) is 5.57 Å². The first-order valence-electron chi connectivity index (χ1n) is 5.53. The molecule has 0 saturated heterocycles. The Kier molecular flexibility index (Phi) is 4.82. The van der Waals surface area contributed by atoms with Gasteiger partial charge in [0.05, 0.1) is 0 Å². The van der Waals surface area contributed by atoms with Gasteiger partial charge in [0.2, 0.25) is 0 Å². The molecule has 0 aliphatic carbocycles. The van der Waals surface area contributed by atoms with Crippen molar-refractivity contribution in [1.29, 1.82) is 0 Å². The van der Waals surface area contributed by atoms with Crippen LogP contribution in [-0.2, 0) is 6.42 Å². The maximum absolute atomic E-state index is 4.09. The summed E-state index contributed by atoms with van der Waals surface area (Å²) in [6.45, 7) is 4.32. The topological polar surface area (TPSA) is 12.4 Å². The Hall–Kier alpha value is -1.37. The molecule has 1 heteroatoms. The van der Waals surface area contributed by atoms with Gasteiger partial charge >= 0.3 is 0 Å². The predicted molar refractivity (Wildman–Crippen MR) is 68.5 cm³/mol. The molecule has 0 aliphatic rings. The average molecular weight is 201 g/mol. The van der Waals surface area contributed by atoms with E-state index < -0.39 is 0 Å². The molecule has 1 rings (SSSR count). The van der Waals surface area contributed by atoms with Crippen molar-refractivity contribution in [2.45, 2.75) is 26.7 Å². The minimum absolute atomic E-state index is 1.04. The summed E-state index contributed by atoms with van der Waals surface area (Å²) in [5.74, 6) is 0. The minimum atomic E-state index is 1.04. The normalized spacial score (nSPS) is 12.3. The number of benzene rings is 1. The number of nitrogens with zero attached hydrogens (tertiary/aromatic N) is 1. The summed E-state index contributed by atoms with van der Waals surface area (Å²) in [5.41, 5.74) is 3.86. The Balaban J connectivity index is 3.05. The first kappa shape index (κ1) is 11.7. The molecular weight excluding hydrogens is 182 g/mol. The SMILES string of the molecule is CC/C=C(\C=NC)c1cccc(CC)c1. The number of aryl methyl sites for hydroxylation is 1. The quantitative estimate of drug-likeness (QED) is 0.658. The molecule has 0 aliphatic heterocycles. The van der Waals surface area contributed by atoms with Crippen molar-refractivity contribution in [3.05, 3.63) is 41.5 Å². The molecule has 1 aromatic rings. The molecule has 0 spiro atoms. The second-order valence-electron chi connectivity index (χ2n) is 3.51. The van der Waals surface area contributed by atoms with Gasteiger partial charge in [0, 0.05) is 13.3 Å². The maximum atomic E-state index is 4.09. The second kappa shape index (κ2) is 6.18. The lowest BCUT2D eigenvalue weighted by molar-refractivity contribution is 1.14. The zero-order valence-corrected chi connectivity index (χ0v) is 9.83. The molecule has 0 atom stereocenters. The monoisotopic (exact) mass is 201 g/mol.